The van der Waals surface area contributed by atoms with E-state index in [-0.39, 0.29) is 12.5 Å². The van der Waals surface area contributed by atoms with Gasteiger partial charge in [0, 0.05) is 10.6 Å². The van der Waals surface area contributed by atoms with Crippen LogP contribution in [0.15, 0.2) is 29.2 Å². The summed E-state index contributed by atoms with van der Waals surface area (Å²) in [5.74, 6) is -0.351. The minimum absolute atomic E-state index is 0.178. The zero-order valence-electron chi connectivity index (χ0n) is 7.41. The van der Waals surface area contributed by atoms with Crippen molar-refractivity contribution in [3.05, 3.63) is 24.3 Å². The quantitative estimate of drug-likeness (QED) is 0.714. The monoisotopic (exact) mass is 196 g/mol. The molecule has 13 heavy (non-hydrogen) atoms. The number of thioether (sulfide) groups is 1. The molecule has 4 heteroatoms. The molecule has 1 aromatic rings. The molecule has 0 aromatic heterocycles. The highest BCUT2D eigenvalue weighted by molar-refractivity contribution is 7.98. The maximum atomic E-state index is 10.5. The van der Waals surface area contributed by atoms with Crippen LogP contribution in [0.1, 0.15) is 0 Å². The van der Waals surface area contributed by atoms with Gasteiger partial charge in [0.05, 0.1) is 6.54 Å². The van der Waals surface area contributed by atoms with Crippen molar-refractivity contribution in [1.82, 2.24) is 0 Å². The van der Waals surface area contributed by atoms with Crippen LogP contribution in [0.4, 0.5) is 5.69 Å². The Morgan fingerprint density at radius 3 is 2.85 bits per heavy atom. The molecular formula is C9H12N2OS. The van der Waals surface area contributed by atoms with Crippen LogP contribution in [0, 0.1) is 0 Å². The first kappa shape index (κ1) is 9.92. The van der Waals surface area contributed by atoms with Gasteiger partial charge in [0.15, 0.2) is 0 Å². The molecule has 0 bridgehead atoms. The van der Waals surface area contributed by atoms with Gasteiger partial charge in [-0.3, -0.25) is 4.79 Å². The van der Waals surface area contributed by atoms with Gasteiger partial charge in [-0.25, -0.2) is 0 Å². The van der Waals surface area contributed by atoms with Gasteiger partial charge in [0.1, 0.15) is 0 Å². The van der Waals surface area contributed by atoms with E-state index in [1.54, 1.807) is 11.8 Å². The molecule has 1 aromatic carbocycles. The van der Waals surface area contributed by atoms with E-state index in [0.29, 0.717) is 0 Å². The second kappa shape index (κ2) is 4.77. The van der Waals surface area contributed by atoms with Crippen LogP contribution in [0.25, 0.3) is 0 Å². The van der Waals surface area contributed by atoms with Crippen LogP contribution in [0.5, 0.6) is 0 Å². The molecule has 1 rings (SSSR count). The fourth-order valence-corrected chi connectivity index (χ4v) is 1.55. The molecule has 3 nitrogen and oxygen atoms in total. The topological polar surface area (TPSA) is 55.1 Å². The Morgan fingerprint density at radius 1 is 1.54 bits per heavy atom. The Morgan fingerprint density at radius 2 is 2.23 bits per heavy atom. The van der Waals surface area contributed by atoms with Gasteiger partial charge in [-0.1, -0.05) is 12.1 Å². The van der Waals surface area contributed by atoms with Crippen molar-refractivity contribution in [2.24, 2.45) is 5.73 Å². The average molecular weight is 196 g/mol. The predicted molar refractivity (Wildman–Crippen MR) is 55.9 cm³/mol. The largest absolute Gasteiger partial charge is 0.375 e. The molecular weight excluding hydrogens is 184 g/mol. The van der Waals surface area contributed by atoms with Gasteiger partial charge in [-0.15, -0.1) is 11.8 Å². The predicted octanol–water partition coefficient (Wildman–Crippen LogP) is 1.31. The van der Waals surface area contributed by atoms with Crippen molar-refractivity contribution >= 4 is 23.4 Å². The number of anilines is 1. The van der Waals surface area contributed by atoms with E-state index in [2.05, 4.69) is 5.32 Å². The Labute approximate surface area is 81.7 Å². The van der Waals surface area contributed by atoms with E-state index in [9.17, 15) is 4.79 Å². The smallest absolute Gasteiger partial charge is 0.236 e. The number of amides is 1. The lowest BCUT2D eigenvalue weighted by molar-refractivity contribution is -0.116. The lowest BCUT2D eigenvalue weighted by Crippen LogP contribution is -2.21. The highest BCUT2D eigenvalue weighted by Gasteiger charge is 1.99. The minimum Gasteiger partial charge on any atom is -0.375 e. The van der Waals surface area contributed by atoms with E-state index in [1.165, 1.54) is 0 Å². The minimum atomic E-state index is -0.351. The maximum Gasteiger partial charge on any atom is 0.236 e. The van der Waals surface area contributed by atoms with E-state index >= 15 is 0 Å². The van der Waals surface area contributed by atoms with Crippen molar-refractivity contribution in [2.45, 2.75) is 4.90 Å². The molecule has 0 unspecified atom stereocenters. The molecule has 0 saturated heterocycles. The van der Waals surface area contributed by atoms with E-state index in [0.717, 1.165) is 10.6 Å². The summed E-state index contributed by atoms with van der Waals surface area (Å²) in [5.41, 5.74) is 5.98. The van der Waals surface area contributed by atoms with Crippen molar-refractivity contribution in [1.29, 1.82) is 0 Å². The number of primary amides is 1. The van der Waals surface area contributed by atoms with Crippen molar-refractivity contribution < 1.29 is 4.79 Å². The highest BCUT2D eigenvalue weighted by atomic mass is 32.2. The van der Waals surface area contributed by atoms with Crippen molar-refractivity contribution in [2.75, 3.05) is 18.1 Å². The normalized spacial score (nSPS) is 9.62. The summed E-state index contributed by atoms with van der Waals surface area (Å²) in [6, 6.07) is 7.80. The Kier molecular flexibility index (Phi) is 3.64. The van der Waals surface area contributed by atoms with Gasteiger partial charge < -0.3 is 11.1 Å². The SMILES string of the molecule is CSc1ccccc1NCC(N)=O. The number of nitrogens with two attached hydrogens (primary N) is 1. The molecule has 0 fully saturated rings. The standard InChI is InChI=1S/C9H12N2OS/c1-13-8-5-3-2-4-7(8)11-6-9(10)12/h2-5,11H,6H2,1H3,(H2,10,12). The summed E-state index contributed by atoms with van der Waals surface area (Å²) >= 11 is 1.63. The molecule has 0 aliphatic carbocycles. The Bertz CT molecular complexity index is 301. The molecule has 1 amide bonds. The van der Waals surface area contributed by atoms with Gasteiger partial charge in [-0.2, -0.15) is 0 Å². The van der Waals surface area contributed by atoms with Gasteiger partial charge in [-0.05, 0) is 18.4 Å². The first-order valence-corrected chi connectivity index (χ1v) is 5.11. The molecule has 0 aliphatic rings. The molecule has 0 atom stereocenters. The highest BCUT2D eigenvalue weighted by Crippen LogP contribution is 2.23. The molecule has 0 heterocycles. The van der Waals surface area contributed by atoms with E-state index in [1.807, 2.05) is 30.5 Å². The number of rotatable bonds is 4. The molecule has 0 radical (unpaired) electrons. The fourth-order valence-electron chi connectivity index (χ4n) is 0.973. The third kappa shape index (κ3) is 2.99. The number of hydrogen-bond acceptors (Lipinski definition) is 3. The van der Waals surface area contributed by atoms with Gasteiger partial charge in [0.25, 0.3) is 0 Å². The zero-order valence-corrected chi connectivity index (χ0v) is 8.23. The van der Waals surface area contributed by atoms with Crippen LogP contribution in [-0.2, 0) is 4.79 Å². The number of nitrogens with one attached hydrogen (secondary N) is 1. The first-order valence-electron chi connectivity index (χ1n) is 3.89. The second-order valence-corrected chi connectivity index (χ2v) is 3.37. The number of para-hydroxylation sites is 1. The number of hydrogen-bond donors (Lipinski definition) is 2. The third-order valence-corrected chi connectivity index (χ3v) is 2.36. The third-order valence-electron chi connectivity index (χ3n) is 1.56. The van der Waals surface area contributed by atoms with Crippen molar-refractivity contribution in [3.8, 4) is 0 Å². The molecule has 3 N–H and O–H groups in total. The Balaban J connectivity index is 2.69. The summed E-state index contributed by atoms with van der Waals surface area (Å²) in [7, 11) is 0. The lowest BCUT2D eigenvalue weighted by Gasteiger charge is -2.07. The Hall–Kier alpha value is -1.16. The second-order valence-electron chi connectivity index (χ2n) is 2.52. The number of benzene rings is 1. The number of carbonyl (C=O) groups is 1. The number of carbonyl (C=O) groups excluding carboxylic acids is 1. The van der Waals surface area contributed by atoms with Gasteiger partial charge >= 0.3 is 0 Å². The molecule has 0 saturated carbocycles. The van der Waals surface area contributed by atoms with E-state index < -0.39 is 0 Å². The maximum absolute atomic E-state index is 10.5. The summed E-state index contributed by atoms with van der Waals surface area (Å²) in [6.07, 6.45) is 1.99. The average Bonchev–Trinajstić information content (AvgIpc) is 2.15. The van der Waals surface area contributed by atoms with Crippen LogP contribution in [0.3, 0.4) is 0 Å². The van der Waals surface area contributed by atoms with Crippen LogP contribution in [-0.4, -0.2) is 18.7 Å². The lowest BCUT2D eigenvalue weighted by atomic mass is 10.3. The van der Waals surface area contributed by atoms with Crippen LogP contribution < -0.4 is 11.1 Å². The summed E-state index contributed by atoms with van der Waals surface area (Å²) < 4.78 is 0. The molecule has 70 valence electrons. The zero-order chi connectivity index (χ0) is 9.68. The summed E-state index contributed by atoms with van der Waals surface area (Å²) in [6.45, 7) is 0.178. The fraction of sp³-hybridized carbons (Fsp3) is 0.222. The first-order chi connectivity index (χ1) is 6.24. The summed E-state index contributed by atoms with van der Waals surface area (Å²) in [4.78, 5) is 11.6. The van der Waals surface area contributed by atoms with Gasteiger partial charge in [0.2, 0.25) is 5.91 Å². The van der Waals surface area contributed by atoms with E-state index in [4.69, 9.17) is 5.73 Å². The van der Waals surface area contributed by atoms with Crippen LogP contribution in [0.2, 0.25) is 0 Å². The van der Waals surface area contributed by atoms with Crippen LogP contribution >= 0.6 is 11.8 Å². The summed E-state index contributed by atoms with van der Waals surface area (Å²) in [5, 5.41) is 2.97. The van der Waals surface area contributed by atoms with Crippen molar-refractivity contribution in [3.63, 3.8) is 0 Å². The molecule has 0 spiro atoms. The molecule has 0 aliphatic heterocycles.